The van der Waals surface area contributed by atoms with Gasteiger partial charge in [0.25, 0.3) is 0 Å². The molecule has 1 aromatic rings. The van der Waals surface area contributed by atoms with Gasteiger partial charge in [0.2, 0.25) is 0 Å². The number of halogens is 2. The van der Waals surface area contributed by atoms with Crippen LogP contribution < -0.4 is 0 Å². The third-order valence-corrected chi connectivity index (χ3v) is 2.00. The van der Waals surface area contributed by atoms with E-state index in [1.54, 1.807) is 0 Å². The van der Waals surface area contributed by atoms with E-state index in [4.69, 9.17) is 11.6 Å². The molecule has 1 aromatic carbocycles. The molecule has 2 nitrogen and oxygen atoms in total. The van der Waals surface area contributed by atoms with Gasteiger partial charge in [0.15, 0.2) is 0 Å². The Hall–Kier alpha value is -1.35. The average Bonchev–Trinajstić information content (AvgIpc) is 2.20. The number of carbonyl (C=O) groups excluding carboxylic acids is 1. The standard InChI is InChI=1S/C10H8ClFO2/c1-6(10(13)14-2)7-4-3-5-8(11)9(7)12/h3-5H,1H2,2H3. The first kappa shape index (κ1) is 10.7. The van der Waals surface area contributed by atoms with Gasteiger partial charge in [0.1, 0.15) is 5.82 Å². The molecular weight excluding hydrogens is 207 g/mol. The predicted molar refractivity (Wildman–Crippen MR) is 52.5 cm³/mol. The molecule has 4 heteroatoms. The number of ether oxygens (including phenoxy) is 1. The van der Waals surface area contributed by atoms with Gasteiger partial charge in [-0.15, -0.1) is 0 Å². The lowest BCUT2D eigenvalue weighted by Crippen LogP contribution is -2.04. The molecule has 0 heterocycles. The Kier molecular flexibility index (Phi) is 3.25. The number of carbonyl (C=O) groups is 1. The summed E-state index contributed by atoms with van der Waals surface area (Å²) < 4.78 is 17.8. The quantitative estimate of drug-likeness (QED) is 0.559. The molecule has 0 spiro atoms. The van der Waals surface area contributed by atoms with E-state index in [1.165, 1.54) is 25.3 Å². The molecule has 14 heavy (non-hydrogen) atoms. The van der Waals surface area contributed by atoms with Crippen LogP contribution in [0, 0.1) is 5.82 Å². The van der Waals surface area contributed by atoms with Crippen LogP contribution in [-0.4, -0.2) is 13.1 Å². The van der Waals surface area contributed by atoms with Crippen molar-refractivity contribution in [3.63, 3.8) is 0 Å². The van der Waals surface area contributed by atoms with Crippen molar-refractivity contribution in [2.75, 3.05) is 7.11 Å². The number of hydrogen-bond donors (Lipinski definition) is 0. The van der Waals surface area contributed by atoms with Crippen LogP contribution in [0.2, 0.25) is 5.02 Å². The predicted octanol–water partition coefficient (Wildman–Crippen LogP) is 2.67. The van der Waals surface area contributed by atoms with E-state index in [-0.39, 0.29) is 16.2 Å². The minimum Gasteiger partial charge on any atom is -0.465 e. The summed E-state index contributed by atoms with van der Waals surface area (Å²) >= 11 is 5.54. The Balaban J connectivity index is 3.14. The fourth-order valence-electron chi connectivity index (χ4n) is 0.970. The molecule has 0 radical (unpaired) electrons. The van der Waals surface area contributed by atoms with Gasteiger partial charge in [-0.1, -0.05) is 30.3 Å². The number of esters is 1. The largest absolute Gasteiger partial charge is 0.465 e. The fraction of sp³-hybridized carbons (Fsp3) is 0.100. The minimum atomic E-state index is -0.675. The maximum absolute atomic E-state index is 13.3. The van der Waals surface area contributed by atoms with Gasteiger partial charge >= 0.3 is 5.97 Å². The zero-order valence-corrected chi connectivity index (χ0v) is 8.27. The summed E-state index contributed by atoms with van der Waals surface area (Å²) in [6, 6.07) is 4.35. The maximum Gasteiger partial charge on any atom is 0.337 e. The highest BCUT2D eigenvalue weighted by molar-refractivity contribution is 6.31. The van der Waals surface area contributed by atoms with Crippen LogP contribution in [0.4, 0.5) is 4.39 Å². The summed E-state index contributed by atoms with van der Waals surface area (Å²) in [4.78, 5) is 11.0. The molecule has 0 aromatic heterocycles. The lowest BCUT2D eigenvalue weighted by Gasteiger charge is -2.05. The smallest absolute Gasteiger partial charge is 0.337 e. The molecule has 0 aliphatic heterocycles. The number of rotatable bonds is 2. The Labute approximate surface area is 85.9 Å². The van der Waals surface area contributed by atoms with Gasteiger partial charge in [0, 0.05) is 5.56 Å². The summed E-state index contributed by atoms with van der Waals surface area (Å²) in [6.45, 7) is 3.42. The van der Waals surface area contributed by atoms with Crippen molar-refractivity contribution in [2.45, 2.75) is 0 Å². The SMILES string of the molecule is C=C(C(=O)OC)c1cccc(Cl)c1F. The number of hydrogen-bond acceptors (Lipinski definition) is 2. The van der Waals surface area contributed by atoms with E-state index in [9.17, 15) is 9.18 Å². The van der Waals surface area contributed by atoms with E-state index < -0.39 is 11.8 Å². The third kappa shape index (κ3) is 1.93. The zero-order valence-electron chi connectivity index (χ0n) is 7.51. The van der Waals surface area contributed by atoms with Crippen molar-refractivity contribution in [3.8, 4) is 0 Å². The molecule has 0 unspecified atom stereocenters. The van der Waals surface area contributed by atoms with E-state index in [2.05, 4.69) is 11.3 Å². The van der Waals surface area contributed by atoms with E-state index in [0.717, 1.165) is 0 Å². The number of benzene rings is 1. The summed E-state index contributed by atoms with van der Waals surface area (Å²) in [6.07, 6.45) is 0. The van der Waals surface area contributed by atoms with Crippen molar-refractivity contribution in [2.24, 2.45) is 0 Å². The average molecular weight is 215 g/mol. The molecule has 0 N–H and O–H groups in total. The first-order valence-electron chi connectivity index (χ1n) is 3.79. The molecule has 0 atom stereocenters. The van der Waals surface area contributed by atoms with Crippen LogP contribution in [-0.2, 0) is 9.53 Å². The molecule has 0 fully saturated rings. The van der Waals surface area contributed by atoms with E-state index in [1.807, 2.05) is 0 Å². The van der Waals surface area contributed by atoms with Gasteiger partial charge in [0.05, 0.1) is 17.7 Å². The summed E-state index contributed by atoms with van der Waals surface area (Å²) in [7, 11) is 1.20. The van der Waals surface area contributed by atoms with Crippen molar-refractivity contribution in [3.05, 3.63) is 41.2 Å². The summed E-state index contributed by atoms with van der Waals surface area (Å²) in [5.41, 5.74) is 0.0110. The summed E-state index contributed by atoms with van der Waals surface area (Å²) in [5.74, 6) is -1.34. The third-order valence-electron chi connectivity index (χ3n) is 1.71. The maximum atomic E-state index is 13.3. The lowest BCUT2D eigenvalue weighted by atomic mass is 10.1. The minimum absolute atomic E-state index is 0.0486. The van der Waals surface area contributed by atoms with Crippen LogP contribution in [0.15, 0.2) is 24.8 Å². The van der Waals surface area contributed by atoms with Crippen molar-refractivity contribution in [1.82, 2.24) is 0 Å². The second-order valence-electron chi connectivity index (χ2n) is 2.57. The van der Waals surface area contributed by atoms with E-state index >= 15 is 0 Å². The lowest BCUT2D eigenvalue weighted by molar-refractivity contribution is -0.133. The molecule has 74 valence electrons. The molecule has 0 bridgehead atoms. The Morgan fingerprint density at radius 1 is 1.57 bits per heavy atom. The van der Waals surface area contributed by atoms with Gasteiger partial charge in [-0.25, -0.2) is 9.18 Å². The molecule has 0 aliphatic carbocycles. The van der Waals surface area contributed by atoms with Crippen LogP contribution in [0.5, 0.6) is 0 Å². The second-order valence-corrected chi connectivity index (χ2v) is 2.98. The first-order valence-corrected chi connectivity index (χ1v) is 4.17. The van der Waals surface area contributed by atoms with Gasteiger partial charge in [-0.3, -0.25) is 0 Å². The van der Waals surface area contributed by atoms with Gasteiger partial charge < -0.3 is 4.74 Å². The molecule has 0 saturated heterocycles. The Morgan fingerprint density at radius 2 is 2.21 bits per heavy atom. The first-order chi connectivity index (χ1) is 6.57. The van der Waals surface area contributed by atoms with Crippen molar-refractivity contribution >= 4 is 23.1 Å². The van der Waals surface area contributed by atoms with E-state index in [0.29, 0.717) is 0 Å². The molecular formula is C10H8ClFO2. The normalized spacial score (nSPS) is 9.64. The van der Waals surface area contributed by atoms with Crippen LogP contribution in [0.25, 0.3) is 5.57 Å². The van der Waals surface area contributed by atoms with Crippen LogP contribution in [0.3, 0.4) is 0 Å². The second kappa shape index (κ2) is 4.24. The Morgan fingerprint density at radius 3 is 2.79 bits per heavy atom. The van der Waals surface area contributed by atoms with Crippen molar-refractivity contribution in [1.29, 1.82) is 0 Å². The van der Waals surface area contributed by atoms with Crippen LogP contribution in [0.1, 0.15) is 5.56 Å². The zero-order chi connectivity index (χ0) is 10.7. The van der Waals surface area contributed by atoms with Crippen LogP contribution >= 0.6 is 11.6 Å². The topological polar surface area (TPSA) is 26.3 Å². The molecule has 0 saturated carbocycles. The van der Waals surface area contributed by atoms with Crippen molar-refractivity contribution < 1.29 is 13.9 Å². The summed E-state index contributed by atoms with van der Waals surface area (Å²) in [5, 5.41) is -0.0486. The molecule has 0 amide bonds. The fourth-order valence-corrected chi connectivity index (χ4v) is 1.14. The highest BCUT2D eigenvalue weighted by atomic mass is 35.5. The van der Waals surface area contributed by atoms with Gasteiger partial charge in [-0.2, -0.15) is 0 Å². The molecule has 0 aliphatic rings. The monoisotopic (exact) mass is 214 g/mol. The molecule has 1 rings (SSSR count). The highest BCUT2D eigenvalue weighted by Crippen LogP contribution is 2.23. The highest BCUT2D eigenvalue weighted by Gasteiger charge is 2.15. The van der Waals surface area contributed by atoms with Gasteiger partial charge in [-0.05, 0) is 6.07 Å². The Bertz CT molecular complexity index is 388. The number of methoxy groups -OCH3 is 1.